The third-order valence-corrected chi connectivity index (χ3v) is 2.80. The molecule has 1 saturated carbocycles. The lowest BCUT2D eigenvalue weighted by Gasteiger charge is -2.18. The van der Waals surface area contributed by atoms with E-state index >= 15 is 0 Å². The molecular formula is C6H6N2O2. The summed E-state index contributed by atoms with van der Waals surface area (Å²) in [7, 11) is 0. The van der Waals surface area contributed by atoms with Crippen LogP contribution in [0.4, 0.5) is 0 Å². The summed E-state index contributed by atoms with van der Waals surface area (Å²) in [4.78, 5) is 0. The second-order valence-electron chi connectivity index (χ2n) is 3.34. The van der Waals surface area contributed by atoms with E-state index in [0.29, 0.717) is 24.4 Å². The van der Waals surface area contributed by atoms with Crippen LogP contribution in [0.25, 0.3) is 0 Å². The van der Waals surface area contributed by atoms with Gasteiger partial charge in [0.25, 0.3) is 0 Å². The van der Waals surface area contributed by atoms with E-state index in [1.165, 1.54) is 0 Å². The zero-order valence-corrected chi connectivity index (χ0v) is 5.18. The lowest BCUT2D eigenvalue weighted by Crippen LogP contribution is -2.40. The van der Waals surface area contributed by atoms with Crippen molar-refractivity contribution in [3.63, 3.8) is 0 Å². The van der Waals surface area contributed by atoms with Crippen molar-refractivity contribution < 1.29 is 9.47 Å². The van der Waals surface area contributed by atoms with E-state index in [-0.39, 0.29) is 12.1 Å². The fraction of sp³-hybridized carbons (Fsp3) is 1.00. The quantitative estimate of drug-likeness (QED) is 0.433. The fourth-order valence-electron chi connectivity index (χ4n) is 2.16. The van der Waals surface area contributed by atoms with Crippen molar-refractivity contribution in [2.75, 3.05) is 0 Å². The van der Waals surface area contributed by atoms with Gasteiger partial charge in [0.05, 0.1) is 0 Å². The molecule has 4 heterocycles. The summed E-state index contributed by atoms with van der Waals surface area (Å²) < 4.78 is 10.8. The van der Waals surface area contributed by atoms with E-state index < -0.39 is 0 Å². The smallest absolute Gasteiger partial charge is 0.128 e. The van der Waals surface area contributed by atoms with Gasteiger partial charge in [-0.2, -0.15) is 10.2 Å². The molecule has 0 N–H and O–H groups in total. The van der Waals surface area contributed by atoms with Gasteiger partial charge in [0.2, 0.25) is 0 Å². The zero-order chi connectivity index (χ0) is 6.29. The largest absolute Gasteiger partial charge is 0.365 e. The minimum atomic E-state index is 0.250. The number of ether oxygens (including phenoxy) is 2. The minimum Gasteiger partial charge on any atom is -0.365 e. The number of nitrogens with zero attached hydrogens (tertiary/aromatic N) is 2. The first-order chi connectivity index (χ1) is 4.95. The van der Waals surface area contributed by atoms with Gasteiger partial charge in [0.15, 0.2) is 0 Å². The average molecular weight is 138 g/mol. The second-order valence-corrected chi connectivity index (χ2v) is 3.34. The molecule has 0 amide bonds. The molecule has 2 bridgehead atoms. The van der Waals surface area contributed by atoms with Gasteiger partial charge in [0, 0.05) is 0 Å². The maximum Gasteiger partial charge on any atom is 0.128 e. The molecule has 0 unspecified atom stereocenters. The number of rotatable bonds is 0. The first kappa shape index (κ1) is 4.41. The van der Waals surface area contributed by atoms with Crippen LogP contribution < -0.4 is 0 Å². The molecule has 0 spiro atoms. The van der Waals surface area contributed by atoms with Gasteiger partial charge in [-0.1, -0.05) is 0 Å². The Kier molecular flexibility index (Phi) is 0.459. The monoisotopic (exact) mass is 138 g/mol. The van der Waals surface area contributed by atoms with Crippen molar-refractivity contribution in [3.8, 4) is 0 Å². The predicted octanol–water partition coefficient (Wildman–Crippen LogP) is -0.262. The average Bonchev–Trinajstić information content (AvgIpc) is 2.83. The Morgan fingerprint density at radius 2 is 1.10 bits per heavy atom. The van der Waals surface area contributed by atoms with Gasteiger partial charge in [-0.3, -0.25) is 0 Å². The number of epoxide rings is 2. The van der Waals surface area contributed by atoms with Gasteiger partial charge >= 0.3 is 0 Å². The van der Waals surface area contributed by atoms with Crippen molar-refractivity contribution in [1.29, 1.82) is 0 Å². The van der Waals surface area contributed by atoms with Crippen LogP contribution in [-0.4, -0.2) is 36.5 Å². The molecule has 1 aliphatic carbocycles. The first-order valence-electron chi connectivity index (χ1n) is 3.66. The normalized spacial score (nSPS) is 72.8. The van der Waals surface area contributed by atoms with Crippen LogP contribution >= 0.6 is 0 Å². The molecule has 0 radical (unpaired) electrons. The van der Waals surface area contributed by atoms with Gasteiger partial charge in [-0.05, 0) is 0 Å². The van der Waals surface area contributed by atoms with Crippen molar-refractivity contribution in [2.24, 2.45) is 10.2 Å². The van der Waals surface area contributed by atoms with E-state index in [2.05, 4.69) is 10.2 Å². The van der Waals surface area contributed by atoms with E-state index in [1.54, 1.807) is 0 Å². The maximum absolute atomic E-state index is 5.40. The summed E-state index contributed by atoms with van der Waals surface area (Å²) >= 11 is 0. The highest BCUT2D eigenvalue weighted by atomic mass is 16.6. The molecule has 4 heteroatoms. The molecule has 10 heavy (non-hydrogen) atoms. The molecular weight excluding hydrogens is 132 g/mol. The molecule has 0 aromatic carbocycles. The van der Waals surface area contributed by atoms with Crippen LogP contribution in [0.5, 0.6) is 0 Å². The van der Waals surface area contributed by atoms with Crippen molar-refractivity contribution in [3.05, 3.63) is 0 Å². The third-order valence-electron chi connectivity index (χ3n) is 2.80. The lowest BCUT2D eigenvalue weighted by atomic mass is 9.91. The number of hydrogen-bond acceptors (Lipinski definition) is 4. The van der Waals surface area contributed by atoms with Crippen LogP contribution in [0.1, 0.15) is 0 Å². The van der Waals surface area contributed by atoms with Gasteiger partial charge < -0.3 is 9.47 Å². The van der Waals surface area contributed by atoms with Crippen LogP contribution in [0, 0.1) is 0 Å². The Morgan fingerprint density at radius 3 is 1.50 bits per heavy atom. The minimum absolute atomic E-state index is 0.250. The highest BCUT2D eigenvalue weighted by Crippen LogP contribution is 2.52. The molecule has 52 valence electrons. The topological polar surface area (TPSA) is 49.8 Å². The molecule has 5 rings (SSSR count). The standard InChI is InChI=1S/C6H6N2O2/c7-1-3-5(9-3)2(8-7)6-4(1)10-6/h1-6H/t1?,2?,3-,4-,5+,6+. The Bertz CT molecular complexity index is 202. The third kappa shape index (κ3) is 0.302. The molecule has 4 nitrogen and oxygen atoms in total. The summed E-state index contributed by atoms with van der Waals surface area (Å²) in [5.74, 6) is 0. The fourth-order valence-corrected chi connectivity index (χ4v) is 2.16. The Morgan fingerprint density at radius 1 is 0.700 bits per heavy atom. The predicted molar refractivity (Wildman–Crippen MR) is 29.8 cm³/mol. The van der Waals surface area contributed by atoms with Crippen molar-refractivity contribution >= 4 is 0 Å². The van der Waals surface area contributed by atoms with E-state index in [4.69, 9.17) is 9.47 Å². The summed E-state index contributed by atoms with van der Waals surface area (Å²) in [6, 6.07) is 0.500. The molecule has 0 aromatic heterocycles. The first-order valence-corrected chi connectivity index (χ1v) is 3.66. The Hall–Kier alpha value is -0.480. The number of hydrogen-bond donors (Lipinski definition) is 0. The second kappa shape index (κ2) is 1.04. The van der Waals surface area contributed by atoms with Crippen molar-refractivity contribution in [1.82, 2.24) is 0 Å². The molecule has 4 atom stereocenters. The highest BCUT2D eigenvalue weighted by Gasteiger charge is 2.71. The Labute approximate surface area is 57.2 Å². The summed E-state index contributed by atoms with van der Waals surface area (Å²) in [6.07, 6.45) is 1.47. The van der Waals surface area contributed by atoms with Crippen molar-refractivity contribution in [2.45, 2.75) is 36.5 Å². The SMILES string of the molecule is N1=NC2[C@@H]3O[C@@H]3C1[C@H]1O[C@@H]21. The summed E-state index contributed by atoms with van der Waals surface area (Å²) in [6.45, 7) is 0. The van der Waals surface area contributed by atoms with Crippen LogP contribution in [0.3, 0.4) is 0 Å². The molecule has 3 fully saturated rings. The van der Waals surface area contributed by atoms with E-state index in [1.807, 2.05) is 0 Å². The van der Waals surface area contributed by atoms with E-state index in [0.717, 1.165) is 0 Å². The van der Waals surface area contributed by atoms with Crippen LogP contribution in [0.15, 0.2) is 10.2 Å². The lowest BCUT2D eigenvalue weighted by molar-refractivity contribution is 0.284. The van der Waals surface area contributed by atoms with Gasteiger partial charge in [0.1, 0.15) is 36.5 Å². The molecule has 4 aliphatic heterocycles. The molecule has 5 aliphatic rings. The Balaban J connectivity index is 1.93. The zero-order valence-electron chi connectivity index (χ0n) is 5.18. The number of azo groups is 1. The molecule has 0 aromatic rings. The van der Waals surface area contributed by atoms with Gasteiger partial charge in [-0.15, -0.1) is 0 Å². The van der Waals surface area contributed by atoms with Gasteiger partial charge in [-0.25, -0.2) is 0 Å². The summed E-state index contributed by atoms with van der Waals surface area (Å²) in [5, 5.41) is 8.24. The van der Waals surface area contributed by atoms with E-state index in [9.17, 15) is 0 Å². The van der Waals surface area contributed by atoms with Crippen LogP contribution in [-0.2, 0) is 9.47 Å². The maximum atomic E-state index is 5.40. The highest BCUT2D eigenvalue weighted by molar-refractivity contribution is 5.22. The van der Waals surface area contributed by atoms with Crippen LogP contribution in [0.2, 0.25) is 0 Å². The summed E-state index contributed by atoms with van der Waals surface area (Å²) in [5.41, 5.74) is 0. The molecule has 2 saturated heterocycles.